The number of amides is 2. The maximum atomic E-state index is 11.7. The summed E-state index contributed by atoms with van der Waals surface area (Å²) < 4.78 is 5.28. The normalized spacial score (nSPS) is 11.2. The molecule has 3 N–H and O–H groups in total. The van der Waals surface area contributed by atoms with Gasteiger partial charge in [-0.3, -0.25) is 14.4 Å². The topological polar surface area (TPSA) is 117 Å². The molecule has 1 rings (SSSR count). The van der Waals surface area contributed by atoms with E-state index in [2.05, 4.69) is 15.8 Å². The first-order valence-corrected chi connectivity index (χ1v) is 9.02. The van der Waals surface area contributed by atoms with E-state index >= 15 is 0 Å². The summed E-state index contributed by atoms with van der Waals surface area (Å²) in [5.74, 6) is -1.40. The number of aliphatic carboxylic acids is 1. The molecule has 1 aromatic rings. The summed E-state index contributed by atoms with van der Waals surface area (Å²) in [6.07, 6.45) is 0. The van der Waals surface area contributed by atoms with Gasteiger partial charge in [0.25, 0.3) is 0 Å². The third-order valence-corrected chi connectivity index (χ3v) is 4.10. The maximum absolute atomic E-state index is 11.7. The maximum Gasteiger partial charge on any atom is 0.329 e. The number of hydrogen-bond donors (Lipinski definition) is 3. The minimum atomic E-state index is -0.884. The highest BCUT2D eigenvalue weighted by molar-refractivity contribution is 7.99. The minimum absolute atomic E-state index is 0.0124. The number of thioether (sulfide) groups is 1. The van der Waals surface area contributed by atoms with Gasteiger partial charge in [0.15, 0.2) is 0 Å². The Morgan fingerprint density at radius 3 is 2.54 bits per heavy atom. The molecule has 0 saturated heterocycles. The number of carbonyl (C=O) groups excluding carboxylic acids is 2. The molecule has 0 aliphatic heterocycles. The summed E-state index contributed by atoms with van der Waals surface area (Å²) in [5, 5.41) is 15.2. The molecule has 0 heterocycles. The number of benzene rings is 1. The average molecular weight is 381 g/mol. The summed E-state index contributed by atoms with van der Waals surface area (Å²) >= 11 is 1.25. The van der Waals surface area contributed by atoms with Crippen LogP contribution in [0.1, 0.15) is 31.9 Å². The Kier molecular flexibility index (Phi) is 8.63. The number of hydrogen-bond acceptors (Lipinski definition) is 6. The van der Waals surface area contributed by atoms with Crippen molar-refractivity contribution < 1.29 is 24.2 Å². The molecule has 9 heteroatoms. The Morgan fingerprint density at radius 1 is 1.27 bits per heavy atom. The van der Waals surface area contributed by atoms with Crippen LogP contribution in [-0.4, -0.2) is 47.5 Å². The zero-order valence-electron chi connectivity index (χ0n) is 15.2. The van der Waals surface area contributed by atoms with Crippen molar-refractivity contribution >= 4 is 35.3 Å². The van der Waals surface area contributed by atoms with E-state index in [9.17, 15) is 14.4 Å². The molecule has 142 valence electrons. The molecule has 0 aliphatic carbocycles. The number of rotatable bonds is 8. The van der Waals surface area contributed by atoms with Gasteiger partial charge in [0.1, 0.15) is 5.75 Å². The highest BCUT2D eigenvalue weighted by Crippen LogP contribution is 2.24. The second kappa shape index (κ2) is 10.4. The van der Waals surface area contributed by atoms with Gasteiger partial charge in [-0.25, -0.2) is 5.43 Å². The summed E-state index contributed by atoms with van der Waals surface area (Å²) in [5.41, 5.74) is 4.26. The Morgan fingerprint density at radius 2 is 1.96 bits per heavy atom. The number of carboxylic acids is 1. The zero-order chi connectivity index (χ0) is 19.7. The van der Waals surface area contributed by atoms with Gasteiger partial charge in [-0.05, 0) is 44.5 Å². The Hall–Kier alpha value is -2.55. The van der Waals surface area contributed by atoms with Crippen LogP contribution in [0.15, 0.2) is 23.3 Å². The lowest BCUT2D eigenvalue weighted by molar-refractivity contribution is -0.139. The molecule has 8 nitrogen and oxygen atoms in total. The van der Waals surface area contributed by atoms with Gasteiger partial charge in [-0.2, -0.15) is 5.10 Å². The number of ether oxygens (including phenoxy) is 1. The number of nitrogens with zero attached hydrogens (tertiary/aromatic N) is 1. The van der Waals surface area contributed by atoms with Gasteiger partial charge in [-0.1, -0.05) is 0 Å². The van der Waals surface area contributed by atoms with Crippen LogP contribution in [0.2, 0.25) is 0 Å². The van der Waals surface area contributed by atoms with Crippen molar-refractivity contribution in [1.29, 1.82) is 0 Å². The molecule has 0 atom stereocenters. The fourth-order valence-electron chi connectivity index (χ4n) is 1.94. The molecule has 2 amide bonds. The van der Waals surface area contributed by atoms with E-state index in [0.29, 0.717) is 17.2 Å². The Balaban J connectivity index is 2.84. The van der Waals surface area contributed by atoms with Crippen LogP contribution in [-0.2, 0) is 20.1 Å². The van der Waals surface area contributed by atoms with Crippen LogP contribution < -0.4 is 15.5 Å². The molecular weight excluding hydrogens is 358 g/mol. The monoisotopic (exact) mass is 381 g/mol. The molecule has 0 spiro atoms. The number of nitrogens with one attached hydrogen (secondary N) is 2. The first-order chi connectivity index (χ1) is 12.2. The van der Waals surface area contributed by atoms with Crippen molar-refractivity contribution in [2.24, 2.45) is 5.10 Å². The van der Waals surface area contributed by atoms with Crippen molar-refractivity contribution in [3.8, 4) is 5.75 Å². The van der Waals surface area contributed by atoms with Crippen molar-refractivity contribution in [1.82, 2.24) is 10.7 Å². The van der Waals surface area contributed by atoms with Crippen LogP contribution >= 0.6 is 11.8 Å². The van der Waals surface area contributed by atoms with Gasteiger partial charge in [0, 0.05) is 17.4 Å². The third-order valence-electron chi connectivity index (χ3n) is 3.13. The van der Waals surface area contributed by atoms with Crippen molar-refractivity contribution in [2.45, 2.75) is 32.6 Å². The zero-order valence-corrected chi connectivity index (χ0v) is 16.0. The molecule has 0 unspecified atom stereocenters. The average Bonchev–Trinajstić information content (AvgIpc) is 2.58. The van der Waals surface area contributed by atoms with Crippen LogP contribution in [0, 0.1) is 0 Å². The van der Waals surface area contributed by atoms with Gasteiger partial charge in [0.05, 0.1) is 18.6 Å². The standard InChI is InChI=1S/C17H23N3O5S/c1-10(2)18-16(23)17(24)20-19-11(3)12-5-6-14(25-4)13(7-12)8-26-9-15(21)22/h5-7,10H,8-9H2,1-4H3,(H,18,23)(H,20,24)(H,21,22)/b19-11-. The van der Waals surface area contributed by atoms with E-state index in [1.54, 1.807) is 32.9 Å². The predicted octanol–water partition coefficient (Wildman–Crippen LogP) is 1.38. The smallest absolute Gasteiger partial charge is 0.329 e. The van der Waals surface area contributed by atoms with Crippen LogP contribution in [0.5, 0.6) is 5.75 Å². The molecule has 0 saturated carbocycles. The van der Waals surface area contributed by atoms with Gasteiger partial charge in [-0.15, -0.1) is 11.8 Å². The fraction of sp³-hybridized carbons (Fsp3) is 0.412. The predicted molar refractivity (Wildman–Crippen MR) is 100 cm³/mol. The molecule has 0 radical (unpaired) electrons. The second-order valence-corrected chi connectivity index (χ2v) is 6.67. The summed E-state index contributed by atoms with van der Waals surface area (Å²) in [7, 11) is 1.54. The van der Waals surface area contributed by atoms with E-state index in [1.807, 2.05) is 6.07 Å². The fourth-order valence-corrected chi connectivity index (χ4v) is 2.66. The molecule has 26 heavy (non-hydrogen) atoms. The quantitative estimate of drug-likeness (QED) is 0.356. The highest BCUT2D eigenvalue weighted by Gasteiger charge is 2.14. The molecule has 0 fully saturated rings. The number of carbonyl (C=O) groups is 3. The van der Waals surface area contributed by atoms with Gasteiger partial charge in [0.2, 0.25) is 0 Å². The summed E-state index contributed by atoms with van der Waals surface area (Å²) in [4.78, 5) is 33.9. The SMILES string of the molecule is COc1ccc(/C(C)=N\NC(=O)C(=O)NC(C)C)cc1CSCC(=O)O. The van der Waals surface area contributed by atoms with E-state index in [4.69, 9.17) is 9.84 Å². The first-order valence-electron chi connectivity index (χ1n) is 7.86. The van der Waals surface area contributed by atoms with Crippen molar-refractivity contribution in [3.63, 3.8) is 0 Å². The van der Waals surface area contributed by atoms with Gasteiger partial charge < -0.3 is 15.2 Å². The molecule has 0 bridgehead atoms. The summed E-state index contributed by atoms with van der Waals surface area (Å²) in [6, 6.07) is 5.18. The Bertz CT molecular complexity index is 704. The third kappa shape index (κ3) is 7.14. The van der Waals surface area contributed by atoms with E-state index in [-0.39, 0.29) is 11.8 Å². The molecule has 0 aliphatic rings. The van der Waals surface area contributed by atoms with Crippen molar-refractivity contribution in [3.05, 3.63) is 29.3 Å². The Labute approximate surface area is 156 Å². The molecule has 1 aromatic carbocycles. The van der Waals surface area contributed by atoms with Gasteiger partial charge >= 0.3 is 17.8 Å². The number of methoxy groups -OCH3 is 1. The van der Waals surface area contributed by atoms with E-state index < -0.39 is 17.8 Å². The van der Waals surface area contributed by atoms with Crippen LogP contribution in [0.4, 0.5) is 0 Å². The highest BCUT2D eigenvalue weighted by atomic mass is 32.2. The van der Waals surface area contributed by atoms with E-state index in [0.717, 1.165) is 11.1 Å². The lowest BCUT2D eigenvalue weighted by Gasteiger charge is -2.11. The summed E-state index contributed by atoms with van der Waals surface area (Å²) in [6.45, 7) is 5.19. The lowest BCUT2D eigenvalue weighted by Crippen LogP contribution is -2.41. The minimum Gasteiger partial charge on any atom is -0.496 e. The van der Waals surface area contributed by atoms with Crippen molar-refractivity contribution in [2.75, 3.05) is 12.9 Å². The van der Waals surface area contributed by atoms with E-state index in [1.165, 1.54) is 18.9 Å². The van der Waals surface area contributed by atoms with Crippen LogP contribution in [0.25, 0.3) is 0 Å². The van der Waals surface area contributed by atoms with Crippen LogP contribution in [0.3, 0.4) is 0 Å². The molecular formula is C17H23N3O5S. The lowest BCUT2D eigenvalue weighted by atomic mass is 10.1. The number of carboxylic acid groups (broad SMARTS) is 1. The number of hydrazone groups is 1. The second-order valence-electron chi connectivity index (χ2n) is 5.68. The molecule has 0 aromatic heterocycles. The first kappa shape index (κ1) is 21.5. The largest absolute Gasteiger partial charge is 0.496 e.